The van der Waals surface area contributed by atoms with Crippen molar-refractivity contribution in [1.82, 2.24) is 9.47 Å². The maximum atomic E-state index is 13.5. The molecule has 8 heteroatoms. The highest BCUT2D eigenvalue weighted by Gasteiger charge is 2.35. The van der Waals surface area contributed by atoms with Crippen molar-refractivity contribution in [2.24, 2.45) is 0 Å². The van der Waals surface area contributed by atoms with Crippen LogP contribution in [0.3, 0.4) is 0 Å². The molecule has 1 fully saturated rings. The molecule has 5 nitrogen and oxygen atoms in total. The third-order valence-corrected chi connectivity index (χ3v) is 5.46. The number of hydrogen-bond acceptors (Lipinski definition) is 3. The smallest absolute Gasteiger partial charge is 0.379 e. The minimum atomic E-state index is -4.64. The zero-order valence-electron chi connectivity index (χ0n) is 17.4. The van der Waals surface area contributed by atoms with Crippen molar-refractivity contribution in [3.63, 3.8) is 0 Å². The molecule has 1 aliphatic heterocycles. The lowest BCUT2D eigenvalue weighted by molar-refractivity contribution is -0.112. The summed E-state index contributed by atoms with van der Waals surface area (Å²) in [7, 11) is 0. The summed E-state index contributed by atoms with van der Waals surface area (Å²) in [5.41, 5.74) is 0.417. The molecule has 0 atom stereocenters. The summed E-state index contributed by atoms with van der Waals surface area (Å²) in [6.07, 6.45) is -2.05. The van der Waals surface area contributed by atoms with Crippen molar-refractivity contribution in [1.29, 1.82) is 0 Å². The molecule has 3 aromatic rings. The van der Waals surface area contributed by atoms with Gasteiger partial charge in [-0.25, -0.2) is 0 Å². The van der Waals surface area contributed by atoms with Gasteiger partial charge in [0.25, 0.3) is 0 Å². The Balaban J connectivity index is 1.46. The number of ether oxygens (including phenoxy) is 1. The van der Waals surface area contributed by atoms with Gasteiger partial charge in [0.2, 0.25) is 5.91 Å². The molecule has 1 N–H and O–H groups in total. The topological polar surface area (TPSA) is 46.5 Å². The number of allylic oxidation sites excluding steroid dienone is 1. The lowest BCUT2D eigenvalue weighted by atomic mass is 10.1. The lowest BCUT2D eigenvalue weighted by Crippen LogP contribution is -2.38. The van der Waals surface area contributed by atoms with E-state index in [-0.39, 0.29) is 5.56 Å². The summed E-state index contributed by atoms with van der Waals surface area (Å²) in [6.45, 7) is 5.09. The first-order valence-corrected chi connectivity index (χ1v) is 10.4. The summed E-state index contributed by atoms with van der Waals surface area (Å²) < 4.78 is 47.9. The Labute approximate surface area is 184 Å². The minimum absolute atomic E-state index is 0.0528. The van der Waals surface area contributed by atoms with Crippen molar-refractivity contribution in [3.8, 4) is 0 Å². The Kier molecular flexibility index (Phi) is 6.62. The molecule has 1 saturated heterocycles. The number of carbonyl (C=O) groups is 1. The molecule has 0 radical (unpaired) electrons. The molecule has 32 heavy (non-hydrogen) atoms. The van der Waals surface area contributed by atoms with Crippen LogP contribution in [0.25, 0.3) is 16.5 Å². The number of nitrogens with one attached hydrogen (secondary N) is 1. The fourth-order valence-electron chi connectivity index (χ4n) is 3.80. The first-order chi connectivity index (χ1) is 15.4. The molecule has 0 saturated carbocycles. The van der Waals surface area contributed by atoms with E-state index in [1.165, 1.54) is 24.3 Å². The van der Waals surface area contributed by atoms with Crippen molar-refractivity contribution in [3.05, 3.63) is 72.4 Å². The van der Waals surface area contributed by atoms with Crippen LogP contribution in [0.5, 0.6) is 0 Å². The van der Waals surface area contributed by atoms with Gasteiger partial charge < -0.3 is 14.6 Å². The Hall–Kier alpha value is -3.10. The van der Waals surface area contributed by atoms with Crippen molar-refractivity contribution in [2.75, 3.05) is 38.2 Å². The van der Waals surface area contributed by atoms with Gasteiger partial charge in [-0.05, 0) is 29.8 Å². The summed E-state index contributed by atoms with van der Waals surface area (Å²) in [5, 5.41) is 3.46. The maximum Gasteiger partial charge on any atom is 0.417 e. The second-order valence-electron chi connectivity index (χ2n) is 7.65. The van der Waals surface area contributed by atoms with E-state index in [4.69, 9.17) is 4.74 Å². The molecule has 2 heterocycles. The number of fused-ring (bicyclic) bond motifs is 1. The Morgan fingerprint density at radius 1 is 1.03 bits per heavy atom. The number of amides is 1. The Morgan fingerprint density at radius 2 is 1.78 bits per heavy atom. The van der Waals surface area contributed by atoms with E-state index >= 15 is 0 Å². The summed E-state index contributed by atoms with van der Waals surface area (Å²) in [5.74, 6) is -0.827. The fourth-order valence-corrected chi connectivity index (χ4v) is 3.80. The second kappa shape index (κ2) is 9.58. The van der Waals surface area contributed by atoms with Crippen LogP contribution >= 0.6 is 0 Å². The van der Waals surface area contributed by atoms with Crippen LogP contribution in [-0.4, -0.2) is 54.4 Å². The lowest BCUT2D eigenvalue weighted by Gasteiger charge is -2.26. The quantitative estimate of drug-likeness (QED) is 0.569. The number of nitrogens with zero attached hydrogens (tertiary/aromatic N) is 2. The van der Waals surface area contributed by atoms with Crippen LogP contribution in [0, 0.1) is 0 Å². The monoisotopic (exact) mass is 443 g/mol. The molecule has 1 aromatic heterocycles. The largest absolute Gasteiger partial charge is 0.417 e. The fraction of sp³-hybridized carbons (Fsp3) is 0.292. The molecule has 0 spiro atoms. The van der Waals surface area contributed by atoms with Crippen LogP contribution in [0.1, 0.15) is 5.56 Å². The highest BCUT2D eigenvalue weighted by molar-refractivity contribution is 6.05. The van der Waals surface area contributed by atoms with E-state index in [2.05, 4.69) is 14.8 Å². The molecule has 168 valence electrons. The number of alkyl halides is 3. The van der Waals surface area contributed by atoms with Crippen molar-refractivity contribution in [2.45, 2.75) is 12.7 Å². The van der Waals surface area contributed by atoms with Crippen LogP contribution < -0.4 is 5.32 Å². The Morgan fingerprint density at radius 3 is 2.50 bits per heavy atom. The van der Waals surface area contributed by atoms with E-state index in [1.54, 1.807) is 18.2 Å². The third-order valence-electron chi connectivity index (χ3n) is 5.46. The zero-order chi connectivity index (χ0) is 22.6. The number of benzene rings is 2. The van der Waals surface area contributed by atoms with E-state index in [1.807, 2.05) is 18.3 Å². The molecular weight excluding hydrogens is 419 g/mol. The SMILES string of the molecule is O=C(/C=C(/c1ccccc1)C(F)(F)F)Nc1ccc2c(ccn2CCN2CCOCC2)c1. The van der Waals surface area contributed by atoms with Crippen LogP contribution in [0.2, 0.25) is 0 Å². The number of carbonyl (C=O) groups excluding carboxylic acids is 1. The standard InChI is InChI=1S/C24H24F3N3O2/c25-24(26,27)21(18-4-2-1-3-5-18)17-23(31)28-20-6-7-22-19(16-20)8-9-30(22)11-10-29-12-14-32-15-13-29/h1-9,16-17H,10-15H2,(H,28,31)/b21-17-. The predicted molar refractivity (Wildman–Crippen MR) is 118 cm³/mol. The zero-order valence-corrected chi connectivity index (χ0v) is 17.4. The van der Waals surface area contributed by atoms with Crippen molar-refractivity contribution >= 4 is 28.1 Å². The van der Waals surface area contributed by atoms with Gasteiger partial charge in [0, 0.05) is 55.0 Å². The molecule has 1 amide bonds. The highest BCUT2D eigenvalue weighted by Crippen LogP contribution is 2.33. The van der Waals surface area contributed by atoms with Crippen molar-refractivity contribution < 1.29 is 22.7 Å². The number of halogens is 3. The summed E-state index contributed by atoms with van der Waals surface area (Å²) >= 11 is 0. The van der Waals surface area contributed by atoms with Gasteiger partial charge in [0.15, 0.2) is 0 Å². The highest BCUT2D eigenvalue weighted by atomic mass is 19.4. The van der Waals surface area contributed by atoms with Crippen LogP contribution in [-0.2, 0) is 16.1 Å². The second-order valence-corrected chi connectivity index (χ2v) is 7.65. The van der Waals surface area contributed by atoms with E-state index in [0.717, 1.165) is 50.3 Å². The van der Waals surface area contributed by atoms with Gasteiger partial charge in [-0.15, -0.1) is 0 Å². The van der Waals surface area contributed by atoms with Crippen LogP contribution in [0.4, 0.5) is 18.9 Å². The molecule has 0 bridgehead atoms. The minimum Gasteiger partial charge on any atom is -0.379 e. The third kappa shape index (κ3) is 5.38. The van der Waals surface area contributed by atoms with Gasteiger partial charge in [0.05, 0.1) is 18.8 Å². The Bertz CT molecular complexity index is 1100. The van der Waals surface area contributed by atoms with Gasteiger partial charge in [-0.1, -0.05) is 30.3 Å². The normalized spacial score (nSPS) is 15.8. The van der Waals surface area contributed by atoms with E-state index < -0.39 is 17.7 Å². The molecule has 0 unspecified atom stereocenters. The first kappa shape index (κ1) is 22.1. The number of morpholine rings is 1. The van der Waals surface area contributed by atoms with Gasteiger partial charge >= 0.3 is 6.18 Å². The first-order valence-electron chi connectivity index (χ1n) is 10.4. The number of aromatic nitrogens is 1. The number of anilines is 1. The number of hydrogen-bond donors (Lipinski definition) is 1. The maximum absolute atomic E-state index is 13.5. The molecule has 4 rings (SSSR count). The molecule has 0 aliphatic carbocycles. The average molecular weight is 443 g/mol. The van der Waals surface area contributed by atoms with Gasteiger partial charge in [-0.2, -0.15) is 13.2 Å². The molecular formula is C24H24F3N3O2. The van der Waals surface area contributed by atoms with Gasteiger partial charge in [-0.3, -0.25) is 9.69 Å². The van der Waals surface area contributed by atoms with Crippen LogP contribution in [0.15, 0.2) is 66.9 Å². The number of rotatable bonds is 6. The summed E-state index contributed by atoms with van der Waals surface area (Å²) in [4.78, 5) is 14.7. The van der Waals surface area contributed by atoms with E-state index in [9.17, 15) is 18.0 Å². The van der Waals surface area contributed by atoms with Gasteiger partial charge in [0.1, 0.15) is 0 Å². The summed E-state index contributed by atoms with van der Waals surface area (Å²) in [6, 6.07) is 14.6. The molecule has 1 aliphatic rings. The van der Waals surface area contributed by atoms with E-state index in [0.29, 0.717) is 11.8 Å². The molecule has 2 aromatic carbocycles. The average Bonchev–Trinajstić information content (AvgIpc) is 3.19. The predicted octanol–water partition coefficient (Wildman–Crippen LogP) is 4.56.